The summed E-state index contributed by atoms with van der Waals surface area (Å²) in [6.07, 6.45) is 0. The van der Waals surface area contributed by atoms with E-state index in [1.807, 2.05) is 0 Å². The summed E-state index contributed by atoms with van der Waals surface area (Å²) >= 11 is 0.894. The molecule has 0 saturated carbocycles. The van der Waals surface area contributed by atoms with Crippen molar-refractivity contribution in [1.29, 1.82) is 0 Å². The van der Waals surface area contributed by atoms with Crippen LogP contribution in [0.15, 0.2) is 24.3 Å². The number of nitrogen functional groups attached to an aromatic ring is 1. The highest BCUT2D eigenvalue weighted by Crippen LogP contribution is 2.36. The molecule has 0 amide bonds. The van der Waals surface area contributed by atoms with E-state index in [0.717, 1.165) is 23.5 Å². The Kier molecular flexibility index (Phi) is 3.29. The third-order valence-corrected chi connectivity index (χ3v) is 3.49. The summed E-state index contributed by atoms with van der Waals surface area (Å²) in [6.45, 7) is 0. The number of methoxy groups -OCH3 is 1. The maximum atomic E-state index is 13.6. The molecular formula is C12H9F2NO2S. The molecule has 0 aliphatic heterocycles. The van der Waals surface area contributed by atoms with Gasteiger partial charge in [0.25, 0.3) is 0 Å². The number of hydrogen-bond donors (Lipinski definition) is 1. The van der Waals surface area contributed by atoms with Gasteiger partial charge in [-0.25, -0.2) is 13.6 Å². The van der Waals surface area contributed by atoms with Gasteiger partial charge >= 0.3 is 5.97 Å². The van der Waals surface area contributed by atoms with E-state index in [4.69, 9.17) is 5.73 Å². The first-order valence-corrected chi connectivity index (χ1v) is 5.78. The van der Waals surface area contributed by atoms with Crippen molar-refractivity contribution in [1.82, 2.24) is 0 Å². The van der Waals surface area contributed by atoms with Gasteiger partial charge in [-0.3, -0.25) is 0 Å². The van der Waals surface area contributed by atoms with Crippen molar-refractivity contribution in [2.24, 2.45) is 0 Å². The first-order valence-electron chi connectivity index (χ1n) is 4.96. The summed E-state index contributed by atoms with van der Waals surface area (Å²) in [6, 6.07) is 4.92. The second kappa shape index (κ2) is 4.73. The van der Waals surface area contributed by atoms with Crippen LogP contribution in [-0.4, -0.2) is 13.1 Å². The first-order chi connectivity index (χ1) is 8.54. The largest absolute Gasteiger partial charge is 0.465 e. The second-order valence-electron chi connectivity index (χ2n) is 3.48. The molecule has 2 rings (SSSR count). The van der Waals surface area contributed by atoms with Crippen LogP contribution in [0.5, 0.6) is 0 Å². The van der Waals surface area contributed by atoms with Gasteiger partial charge in [0.05, 0.1) is 18.4 Å². The molecule has 0 spiro atoms. The van der Waals surface area contributed by atoms with E-state index in [2.05, 4.69) is 4.74 Å². The summed E-state index contributed by atoms with van der Waals surface area (Å²) < 4.78 is 31.7. The Morgan fingerprint density at radius 3 is 2.50 bits per heavy atom. The number of thiophene rings is 1. The summed E-state index contributed by atoms with van der Waals surface area (Å²) in [4.78, 5) is 11.8. The number of hydrogen-bond acceptors (Lipinski definition) is 4. The van der Waals surface area contributed by atoms with Gasteiger partial charge in [0.15, 0.2) is 0 Å². The fourth-order valence-electron chi connectivity index (χ4n) is 1.51. The molecule has 0 radical (unpaired) electrons. The van der Waals surface area contributed by atoms with Crippen molar-refractivity contribution in [2.75, 3.05) is 12.8 Å². The molecule has 2 aromatic rings. The van der Waals surface area contributed by atoms with E-state index in [1.165, 1.54) is 19.2 Å². The lowest BCUT2D eigenvalue weighted by molar-refractivity contribution is 0.0607. The quantitative estimate of drug-likeness (QED) is 0.852. The minimum Gasteiger partial charge on any atom is -0.465 e. The van der Waals surface area contributed by atoms with Gasteiger partial charge in [-0.15, -0.1) is 11.3 Å². The van der Waals surface area contributed by atoms with Crippen LogP contribution in [0, 0.1) is 11.6 Å². The van der Waals surface area contributed by atoms with Gasteiger partial charge in [-0.05, 0) is 18.2 Å². The van der Waals surface area contributed by atoms with Gasteiger partial charge in [-0.1, -0.05) is 6.07 Å². The average Bonchev–Trinajstić information content (AvgIpc) is 2.70. The minimum atomic E-state index is -0.701. The van der Waals surface area contributed by atoms with Crippen LogP contribution in [-0.2, 0) is 4.74 Å². The molecule has 1 aromatic heterocycles. The molecule has 1 aromatic carbocycles. The van der Waals surface area contributed by atoms with Crippen LogP contribution in [0.25, 0.3) is 10.4 Å². The Bertz CT molecular complexity index is 590. The first kappa shape index (κ1) is 12.5. The van der Waals surface area contributed by atoms with Crippen LogP contribution in [0.3, 0.4) is 0 Å². The Morgan fingerprint density at radius 1 is 1.33 bits per heavy atom. The molecule has 3 nitrogen and oxygen atoms in total. The highest BCUT2D eigenvalue weighted by molar-refractivity contribution is 7.18. The van der Waals surface area contributed by atoms with Crippen molar-refractivity contribution in [3.63, 3.8) is 0 Å². The van der Waals surface area contributed by atoms with Crippen molar-refractivity contribution in [3.8, 4) is 10.4 Å². The standard InChI is InChI=1S/C12H9F2NO2S/c1-17-12(16)11-8(15)5-9(18-11)10-6(13)3-2-4-7(10)14/h2-5H,15H2,1H3. The van der Waals surface area contributed by atoms with Crippen molar-refractivity contribution >= 4 is 23.0 Å². The molecule has 0 aliphatic carbocycles. The lowest BCUT2D eigenvalue weighted by Crippen LogP contribution is -2.00. The highest BCUT2D eigenvalue weighted by Gasteiger charge is 2.19. The zero-order valence-corrected chi connectivity index (χ0v) is 10.2. The van der Waals surface area contributed by atoms with E-state index in [1.54, 1.807) is 0 Å². The molecule has 2 N–H and O–H groups in total. The number of halogens is 2. The van der Waals surface area contributed by atoms with E-state index < -0.39 is 17.6 Å². The van der Waals surface area contributed by atoms with E-state index in [-0.39, 0.29) is 21.0 Å². The number of esters is 1. The maximum Gasteiger partial charge on any atom is 0.350 e. The van der Waals surface area contributed by atoms with Crippen molar-refractivity contribution in [2.45, 2.75) is 0 Å². The lowest BCUT2D eigenvalue weighted by Gasteiger charge is -2.00. The number of anilines is 1. The molecule has 18 heavy (non-hydrogen) atoms. The molecule has 0 bridgehead atoms. The predicted octanol–water partition coefficient (Wildman–Crippen LogP) is 3.06. The molecule has 0 unspecified atom stereocenters. The Hall–Kier alpha value is -1.95. The maximum absolute atomic E-state index is 13.6. The minimum absolute atomic E-state index is 0.134. The summed E-state index contributed by atoms with van der Waals surface area (Å²) in [7, 11) is 1.21. The molecular weight excluding hydrogens is 260 g/mol. The molecule has 1 heterocycles. The van der Waals surface area contributed by atoms with Gasteiger partial charge in [0, 0.05) is 4.88 Å². The van der Waals surface area contributed by atoms with Crippen LogP contribution in [0.4, 0.5) is 14.5 Å². The van der Waals surface area contributed by atoms with E-state index in [9.17, 15) is 13.6 Å². The Balaban J connectivity index is 2.56. The third kappa shape index (κ3) is 2.06. The normalized spacial score (nSPS) is 10.4. The topological polar surface area (TPSA) is 52.3 Å². The predicted molar refractivity (Wildman–Crippen MR) is 65.4 cm³/mol. The number of ether oxygens (including phenoxy) is 1. The van der Waals surface area contributed by atoms with Gasteiger partial charge < -0.3 is 10.5 Å². The fraction of sp³-hybridized carbons (Fsp3) is 0.0833. The van der Waals surface area contributed by atoms with Crippen LogP contribution in [0.2, 0.25) is 0 Å². The monoisotopic (exact) mass is 269 g/mol. The molecule has 0 saturated heterocycles. The van der Waals surface area contributed by atoms with E-state index in [0.29, 0.717) is 0 Å². The van der Waals surface area contributed by atoms with Gasteiger partial charge in [0.1, 0.15) is 16.5 Å². The summed E-state index contributed by atoms with van der Waals surface area (Å²) in [5, 5.41) is 0. The zero-order chi connectivity index (χ0) is 13.3. The molecule has 94 valence electrons. The lowest BCUT2D eigenvalue weighted by atomic mass is 10.1. The summed E-state index contributed by atoms with van der Waals surface area (Å²) in [5.74, 6) is -2.03. The molecule has 0 aliphatic rings. The van der Waals surface area contributed by atoms with E-state index >= 15 is 0 Å². The molecule has 6 heteroatoms. The van der Waals surface area contributed by atoms with Gasteiger partial charge in [-0.2, -0.15) is 0 Å². The number of benzene rings is 1. The smallest absolute Gasteiger partial charge is 0.350 e. The van der Waals surface area contributed by atoms with Crippen LogP contribution in [0.1, 0.15) is 9.67 Å². The van der Waals surface area contributed by atoms with Crippen molar-refractivity contribution in [3.05, 3.63) is 40.8 Å². The molecule has 0 atom stereocenters. The Labute approximate surface area is 106 Å². The van der Waals surface area contributed by atoms with Gasteiger partial charge in [0.2, 0.25) is 0 Å². The number of nitrogens with two attached hydrogens (primary N) is 1. The number of carbonyl (C=O) groups is 1. The highest BCUT2D eigenvalue weighted by atomic mass is 32.1. The number of carbonyl (C=O) groups excluding carboxylic acids is 1. The Morgan fingerprint density at radius 2 is 1.94 bits per heavy atom. The second-order valence-corrected chi connectivity index (χ2v) is 4.54. The fourth-order valence-corrected chi connectivity index (χ4v) is 2.56. The SMILES string of the molecule is COC(=O)c1sc(-c2c(F)cccc2F)cc1N. The summed E-state index contributed by atoms with van der Waals surface area (Å²) in [5.41, 5.74) is 5.57. The number of rotatable bonds is 2. The third-order valence-electron chi connectivity index (χ3n) is 2.34. The van der Waals surface area contributed by atoms with Crippen molar-refractivity contribution < 1.29 is 18.3 Å². The zero-order valence-electron chi connectivity index (χ0n) is 9.37. The molecule has 0 fully saturated rings. The van der Waals surface area contributed by atoms with Crippen LogP contribution >= 0.6 is 11.3 Å². The average molecular weight is 269 g/mol. The van der Waals surface area contributed by atoms with Crippen LogP contribution < -0.4 is 5.73 Å².